The number of primary amides is 1. The highest BCUT2D eigenvalue weighted by Gasteiger charge is 2.43. The fourth-order valence-corrected chi connectivity index (χ4v) is 2.78. The normalized spacial score (nSPS) is 26.9. The standard InChI is InChI=1S/C14H20N2O/c1-11(12-7-4-3-5-8-12)16-10-6-9-14(16,2)13(15)17/h3-5,7-8,11H,6,9-10H2,1-2H3,(H2,15,17)/t11-,14-/m1/s1. The molecule has 1 aliphatic rings. The molecule has 2 atom stereocenters. The van der Waals surface area contributed by atoms with Crippen LogP contribution in [0.3, 0.4) is 0 Å². The van der Waals surface area contributed by atoms with Crippen molar-refractivity contribution in [3.05, 3.63) is 35.9 Å². The molecule has 0 radical (unpaired) electrons. The topological polar surface area (TPSA) is 46.3 Å². The van der Waals surface area contributed by atoms with E-state index in [1.54, 1.807) is 0 Å². The third kappa shape index (κ3) is 2.07. The number of hydrogen-bond acceptors (Lipinski definition) is 2. The van der Waals surface area contributed by atoms with Crippen LogP contribution < -0.4 is 5.73 Å². The van der Waals surface area contributed by atoms with Crippen molar-refractivity contribution in [1.82, 2.24) is 4.90 Å². The Morgan fingerprint density at radius 1 is 1.41 bits per heavy atom. The van der Waals surface area contributed by atoms with Crippen molar-refractivity contribution in [3.8, 4) is 0 Å². The van der Waals surface area contributed by atoms with E-state index < -0.39 is 5.54 Å². The van der Waals surface area contributed by atoms with Crippen molar-refractivity contribution in [3.63, 3.8) is 0 Å². The molecule has 1 amide bonds. The Bertz CT molecular complexity index is 404. The molecule has 0 unspecified atom stereocenters. The Hall–Kier alpha value is -1.35. The van der Waals surface area contributed by atoms with Crippen molar-refractivity contribution >= 4 is 5.91 Å². The highest BCUT2D eigenvalue weighted by molar-refractivity contribution is 5.84. The van der Waals surface area contributed by atoms with Crippen LogP contribution in [-0.4, -0.2) is 22.9 Å². The zero-order valence-electron chi connectivity index (χ0n) is 10.5. The van der Waals surface area contributed by atoms with Gasteiger partial charge in [0.2, 0.25) is 5.91 Å². The Balaban J connectivity index is 2.25. The first kappa shape index (κ1) is 12.1. The highest BCUT2D eigenvalue weighted by Crippen LogP contribution is 2.36. The summed E-state index contributed by atoms with van der Waals surface area (Å²) in [4.78, 5) is 13.9. The van der Waals surface area contributed by atoms with Crippen LogP contribution in [0.2, 0.25) is 0 Å². The number of carbonyl (C=O) groups is 1. The van der Waals surface area contributed by atoms with E-state index in [9.17, 15) is 4.79 Å². The fourth-order valence-electron chi connectivity index (χ4n) is 2.78. The molecule has 3 heteroatoms. The second kappa shape index (κ2) is 4.49. The summed E-state index contributed by atoms with van der Waals surface area (Å²) in [7, 11) is 0. The van der Waals surface area contributed by atoms with E-state index in [0.29, 0.717) is 0 Å². The average Bonchev–Trinajstić information content (AvgIpc) is 2.73. The van der Waals surface area contributed by atoms with E-state index in [1.165, 1.54) is 5.56 Å². The third-order valence-electron chi connectivity index (χ3n) is 3.98. The first-order valence-electron chi connectivity index (χ1n) is 6.17. The molecule has 0 spiro atoms. The van der Waals surface area contributed by atoms with Crippen LogP contribution >= 0.6 is 0 Å². The summed E-state index contributed by atoms with van der Waals surface area (Å²) in [6.45, 7) is 5.04. The molecule has 17 heavy (non-hydrogen) atoms. The summed E-state index contributed by atoms with van der Waals surface area (Å²) >= 11 is 0. The van der Waals surface area contributed by atoms with Crippen LogP contribution in [0.25, 0.3) is 0 Å². The van der Waals surface area contributed by atoms with Crippen LogP contribution in [0.5, 0.6) is 0 Å². The van der Waals surface area contributed by atoms with Gasteiger partial charge >= 0.3 is 0 Å². The van der Waals surface area contributed by atoms with Crippen LogP contribution in [0.15, 0.2) is 30.3 Å². The van der Waals surface area contributed by atoms with Gasteiger partial charge in [0.05, 0.1) is 5.54 Å². The van der Waals surface area contributed by atoms with E-state index >= 15 is 0 Å². The lowest BCUT2D eigenvalue weighted by Gasteiger charge is -2.37. The van der Waals surface area contributed by atoms with Gasteiger partial charge in [-0.3, -0.25) is 9.69 Å². The Kier molecular flexibility index (Phi) is 3.20. The van der Waals surface area contributed by atoms with E-state index in [1.807, 2.05) is 25.1 Å². The second-order valence-corrected chi connectivity index (χ2v) is 5.02. The number of amides is 1. The predicted octanol–water partition coefficient (Wildman–Crippen LogP) is 2.09. The van der Waals surface area contributed by atoms with Crippen LogP contribution in [0.1, 0.15) is 38.3 Å². The van der Waals surface area contributed by atoms with Crippen LogP contribution in [0.4, 0.5) is 0 Å². The zero-order chi connectivity index (χ0) is 12.5. The summed E-state index contributed by atoms with van der Waals surface area (Å²) in [6.07, 6.45) is 1.90. The van der Waals surface area contributed by atoms with Gasteiger partial charge in [0.25, 0.3) is 0 Å². The maximum atomic E-state index is 11.7. The maximum absolute atomic E-state index is 11.7. The molecule has 0 saturated carbocycles. The molecule has 1 heterocycles. The quantitative estimate of drug-likeness (QED) is 0.867. The number of likely N-dealkylation sites (tertiary alicyclic amines) is 1. The molecule has 0 bridgehead atoms. The van der Waals surface area contributed by atoms with E-state index in [4.69, 9.17) is 5.73 Å². The molecular weight excluding hydrogens is 212 g/mol. The molecule has 1 aromatic carbocycles. The first-order chi connectivity index (χ1) is 8.05. The molecule has 1 fully saturated rings. The fraction of sp³-hybridized carbons (Fsp3) is 0.500. The number of carbonyl (C=O) groups excluding carboxylic acids is 1. The minimum Gasteiger partial charge on any atom is -0.368 e. The number of nitrogens with two attached hydrogens (primary N) is 1. The van der Waals surface area contributed by atoms with E-state index in [-0.39, 0.29) is 11.9 Å². The lowest BCUT2D eigenvalue weighted by atomic mass is 9.95. The molecule has 1 aromatic rings. The highest BCUT2D eigenvalue weighted by atomic mass is 16.1. The van der Waals surface area contributed by atoms with Gasteiger partial charge in [0, 0.05) is 6.04 Å². The SMILES string of the molecule is C[C@H](c1ccccc1)N1CCC[C@]1(C)C(N)=O. The third-order valence-corrected chi connectivity index (χ3v) is 3.98. The van der Waals surface area contributed by atoms with E-state index in [2.05, 4.69) is 24.0 Å². The van der Waals surface area contributed by atoms with Crippen molar-refractivity contribution in [2.75, 3.05) is 6.54 Å². The van der Waals surface area contributed by atoms with Crippen molar-refractivity contribution < 1.29 is 4.79 Å². The monoisotopic (exact) mass is 232 g/mol. The minimum absolute atomic E-state index is 0.210. The van der Waals surface area contributed by atoms with Gasteiger partial charge in [-0.05, 0) is 38.8 Å². The van der Waals surface area contributed by atoms with Gasteiger partial charge < -0.3 is 5.73 Å². The smallest absolute Gasteiger partial charge is 0.237 e. The van der Waals surface area contributed by atoms with Crippen molar-refractivity contribution in [2.45, 2.75) is 38.3 Å². The molecule has 2 N–H and O–H groups in total. The summed E-state index contributed by atoms with van der Waals surface area (Å²) < 4.78 is 0. The molecule has 2 rings (SSSR count). The number of rotatable bonds is 3. The predicted molar refractivity (Wildman–Crippen MR) is 68.4 cm³/mol. The summed E-state index contributed by atoms with van der Waals surface area (Å²) in [6, 6.07) is 10.5. The second-order valence-electron chi connectivity index (χ2n) is 5.02. The zero-order valence-corrected chi connectivity index (χ0v) is 10.5. The summed E-state index contributed by atoms with van der Waals surface area (Å²) in [5, 5.41) is 0. The number of benzene rings is 1. The van der Waals surface area contributed by atoms with Gasteiger partial charge in [0.1, 0.15) is 0 Å². The summed E-state index contributed by atoms with van der Waals surface area (Å²) in [5.41, 5.74) is 6.30. The Morgan fingerprint density at radius 2 is 2.06 bits per heavy atom. The molecular formula is C14H20N2O. The Labute approximate surface area is 103 Å². The molecule has 0 aromatic heterocycles. The van der Waals surface area contributed by atoms with Gasteiger partial charge in [-0.15, -0.1) is 0 Å². The van der Waals surface area contributed by atoms with E-state index in [0.717, 1.165) is 19.4 Å². The van der Waals surface area contributed by atoms with Crippen LogP contribution in [-0.2, 0) is 4.79 Å². The van der Waals surface area contributed by atoms with Gasteiger partial charge in [-0.1, -0.05) is 30.3 Å². The molecule has 1 saturated heterocycles. The lowest BCUT2D eigenvalue weighted by Crippen LogP contribution is -2.52. The lowest BCUT2D eigenvalue weighted by molar-refractivity contribution is -0.128. The minimum atomic E-state index is -0.491. The molecule has 92 valence electrons. The van der Waals surface area contributed by atoms with Gasteiger partial charge in [-0.25, -0.2) is 0 Å². The first-order valence-corrected chi connectivity index (χ1v) is 6.17. The molecule has 0 aliphatic carbocycles. The summed E-state index contributed by atoms with van der Waals surface area (Å²) in [5.74, 6) is -0.210. The van der Waals surface area contributed by atoms with Gasteiger partial charge in [-0.2, -0.15) is 0 Å². The van der Waals surface area contributed by atoms with Crippen molar-refractivity contribution in [1.29, 1.82) is 0 Å². The molecule has 1 aliphatic heterocycles. The number of hydrogen-bond donors (Lipinski definition) is 1. The molecule has 3 nitrogen and oxygen atoms in total. The van der Waals surface area contributed by atoms with Crippen LogP contribution in [0, 0.1) is 0 Å². The Morgan fingerprint density at radius 3 is 2.65 bits per heavy atom. The largest absolute Gasteiger partial charge is 0.368 e. The van der Waals surface area contributed by atoms with Crippen molar-refractivity contribution in [2.24, 2.45) is 5.73 Å². The van der Waals surface area contributed by atoms with Gasteiger partial charge in [0.15, 0.2) is 0 Å². The number of nitrogens with zero attached hydrogens (tertiary/aromatic N) is 1. The average molecular weight is 232 g/mol. The maximum Gasteiger partial charge on any atom is 0.237 e.